The molecule has 0 spiro atoms. The predicted octanol–water partition coefficient (Wildman–Crippen LogP) is 5.00. The Kier molecular flexibility index (Phi) is 7.79. The van der Waals surface area contributed by atoms with Gasteiger partial charge in [0.15, 0.2) is 0 Å². The Labute approximate surface area is 160 Å². The molecule has 0 saturated heterocycles. The van der Waals surface area contributed by atoms with Crippen molar-refractivity contribution in [2.75, 3.05) is 18.8 Å². The summed E-state index contributed by atoms with van der Waals surface area (Å²) in [5, 5.41) is 10.3. The minimum absolute atomic E-state index is 0.00769. The van der Waals surface area contributed by atoms with Crippen molar-refractivity contribution in [1.29, 1.82) is 0 Å². The molecule has 2 rings (SSSR count). The van der Waals surface area contributed by atoms with Gasteiger partial charge in [0.2, 0.25) is 5.91 Å². The number of hydrogen-bond donors (Lipinski definition) is 1. The highest BCUT2D eigenvalue weighted by Gasteiger charge is 2.09. The molecule has 0 aliphatic rings. The van der Waals surface area contributed by atoms with Crippen LogP contribution in [-0.4, -0.2) is 34.8 Å². The Hall–Kier alpha value is -2.20. The molecule has 3 nitrogen and oxygen atoms in total. The zero-order chi connectivity index (χ0) is 18.9. The predicted molar refractivity (Wildman–Crippen MR) is 111 cm³/mol. The van der Waals surface area contributed by atoms with Gasteiger partial charge in [-0.25, -0.2) is 0 Å². The van der Waals surface area contributed by atoms with E-state index < -0.39 is 0 Å². The summed E-state index contributed by atoms with van der Waals surface area (Å²) in [6.07, 6.45) is 2.61. The summed E-state index contributed by atoms with van der Waals surface area (Å²) in [6.45, 7) is 7.23. The maximum absolute atomic E-state index is 12.2. The van der Waals surface area contributed by atoms with Gasteiger partial charge in [-0.2, -0.15) is 0 Å². The number of aryl methyl sites for hydroxylation is 1. The van der Waals surface area contributed by atoms with Gasteiger partial charge in [-0.15, -0.1) is 11.8 Å². The Morgan fingerprint density at radius 1 is 1.12 bits per heavy atom. The molecule has 4 heteroatoms. The molecule has 1 N–H and O–H groups in total. The fourth-order valence-corrected chi connectivity index (χ4v) is 3.63. The maximum Gasteiger partial charge on any atom is 0.246 e. The van der Waals surface area contributed by atoms with Crippen LogP contribution in [0.1, 0.15) is 31.9 Å². The second-order valence-corrected chi connectivity index (χ2v) is 7.24. The van der Waals surface area contributed by atoms with Crippen molar-refractivity contribution in [1.82, 2.24) is 4.90 Å². The second kappa shape index (κ2) is 10.1. The minimum Gasteiger partial charge on any atom is -0.507 e. The number of aromatic hydroxyl groups is 1. The summed E-state index contributed by atoms with van der Waals surface area (Å²) in [5.74, 6) is 1.18. The van der Waals surface area contributed by atoms with Crippen LogP contribution in [0.4, 0.5) is 0 Å². The van der Waals surface area contributed by atoms with Gasteiger partial charge < -0.3 is 10.0 Å². The van der Waals surface area contributed by atoms with E-state index in [4.69, 9.17) is 0 Å². The largest absolute Gasteiger partial charge is 0.507 e. The average Bonchev–Trinajstić information content (AvgIpc) is 2.64. The lowest BCUT2D eigenvalue weighted by Crippen LogP contribution is -2.28. The van der Waals surface area contributed by atoms with Crippen molar-refractivity contribution >= 4 is 23.2 Å². The average molecular weight is 370 g/mol. The van der Waals surface area contributed by atoms with Gasteiger partial charge >= 0.3 is 0 Å². The van der Waals surface area contributed by atoms with Crippen LogP contribution in [0, 0.1) is 0 Å². The van der Waals surface area contributed by atoms with E-state index in [0.717, 1.165) is 28.2 Å². The van der Waals surface area contributed by atoms with Gasteiger partial charge in [0.05, 0.1) is 0 Å². The van der Waals surface area contributed by atoms with Gasteiger partial charge in [-0.05, 0) is 56.0 Å². The lowest BCUT2D eigenvalue weighted by Gasteiger charge is -2.17. The number of rotatable bonds is 8. The lowest BCUT2D eigenvalue weighted by molar-refractivity contribution is -0.125. The third kappa shape index (κ3) is 5.67. The number of carbonyl (C=O) groups excluding carboxylic acids is 1. The summed E-state index contributed by atoms with van der Waals surface area (Å²) < 4.78 is 0. The van der Waals surface area contributed by atoms with Gasteiger partial charge in [0.1, 0.15) is 5.75 Å². The number of carbonyl (C=O) groups is 1. The van der Waals surface area contributed by atoms with Crippen molar-refractivity contribution in [3.8, 4) is 5.75 Å². The first-order valence-electron chi connectivity index (χ1n) is 9.02. The zero-order valence-corrected chi connectivity index (χ0v) is 16.6. The van der Waals surface area contributed by atoms with Crippen LogP contribution in [0.25, 0.3) is 5.57 Å². The van der Waals surface area contributed by atoms with Crippen LogP contribution < -0.4 is 0 Å². The molecule has 0 aromatic heterocycles. The molecule has 0 aliphatic heterocycles. The fraction of sp³-hybridized carbons (Fsp3) is 0.318. The molecule has 0 aliphatic carbocycles. The molecule has 2 aromatic rings. The second-order valence-electron chi connectivity index (χ2n) is 6.10. The van der Waals surface area contributed by atoms with E-state index in [1.165, 1.54) is 5.56 Å². The van der Waals surface area contributed by atoms with Crippen LogP contribution in [-0.2, 0) is 11.2 Å². The van der Waals surface area contributed by atoms with Gasteiger partial charge in [-0.1, -0.05) is 36.4 Å². The van der Waals surface area contributed by atoms with Gasteiger partial charge in [-0.3, -0.25) is 4.79 Å². The molecule has 0 radical (unpaired) electrons. The molecule has 0 atom stereocenters. The number of phenolic OH excluding ortho intramolecular Hbond substituents is 1. The molecule has 138 valence electrons. The van der Waals surface area contributed by atoms with Crippen LogP contribution >= 0.6 is 11.8 Å². The number of hydrogen-bond acceptors (Lipinski definition) is 3. The Balaban J connectivity index is 2.00. The van der Waals surface area contributed by atoms with E-state index in [1.54, 1.807) is 28.8 Å². The Bertz CT molecular complexity index is 752. The first kappa shape index (κ1) is 20.1. The van der Waals surface area contributed by atoms with Crippen LogP contribution in [0.5, 0.6) is 5.75 Å². The minimum atomic E-state index is 0.00769. The summed E-state index contributed by atoms with van der Waals surface area (Å²) >= 11 is 1.64. The van der Waals surface area contributed by atoms with E-state index in [2.05, 4.69) is 12.1 Å². The zero-order valence-electron chi connectivity index (χ0n) is 15.7. The number of likely N-dealkylation sites (N-methyl/N-ethyl adjacent to an activating group) is 1. The Morgan fingerprint density at radius 2 is 1.81 bits per heavy atom. The van der Waals surface area contributed by atoms with Gasteiger partial charge in [0.25, 0.3) is 0 Å². The molecular formula is C22H27NO2S. The third-order valence-corrected chi connectivity index (χ3v) is 5.38. The summed E-state index contributed by atoms with van der Waals surface area (Å²) in [4.78, 5) is 14.8. The summed E-state index contributed by atoms with van der Waals surface area (Å²) in [7, 11) is 0. The molecule has 2 aromatic carbocycles. The van der Waals surface area contributed by atoms with E-state index in [0.29, 0.717) is 13.1 Å². The van der Waals surface area contributed by atoms with Crippen molar-refractivity contribution in [2.45, 2.75) is 32.1 Å². The van der Waals surface area contributed by atoms with Crippen molar-refractivity contribution in [2.24, 2.45) is 0 Å². The normalized spacial score (nSPS) is 11.4. The van der Waals surface area contributed by atoms with E-state index in [9.17, 15) is 9.90 Å². The Morgan fingerprint density at radius 3 is 2.42 bits per heavy atom. The van der Waals surface area contributed by atoms with E-state index in [-0.39, 0.29) is 11.7 Å². The quantitative estimate of drug-likeness (QED) is 0.526. The number of thioether (sulfide) groups is 1. The topological polar surface area (TPSA) is 40.5 Å². The SMILES string of the molecule is CCN(CC)C(=O)/C=C(\C)c1ccc(SCCc2ccccc2)c(O)c1. The van der Waals surface area contributed by atoms with Crippen molar-refractivity contribution in [3.63, 3.8) is 0 Å². The molecule has 0 bridgehead atoms. The number of benzene rings is 2. The van der Waals surface area contributed by atoms with E-state index in [1.807, 2.05) is 51.1 Å². The number of amides is 1. The summed E-state index contributed by atoms with van der Waals surface area (Å²) in [5.41, 5.74) is 3.03. The number of nitrogens with zero attached hydrogens (tertiary/aromatic N) is 1. The first-order chi connectivity index (χ1) is 12.5. The summed E-state index contributed by atoms with van der Waals surface area (Å²) in [6, 6.07) is 16.0. The van der Waals surface area contributed by atoms with Gasteiger partial charge in [0, 0.05) is 29.8 Å². The molecular weight excluding hydrogens is 342 g/mol. The van der Waals surface area contributed by atoms with Crippen LogP contribution in [0.15, 0.2) is 59.5 Å². The van der Waals surface area contributed by atoms with Crippen molar-refractivity contribution in [3.05, 3.63) is 65.7 Å². The van der Waals surface area contributed by atoms with Crippen LogP contribution in [0.2, 0.25) is 0 Å². The highest BCUT2D eigenvalue weighted by molar-refractivity contribution is 7.99. The third-order valence-electron chi connectivity index (χ3n) is 4.32. The highest BCUT2D eigenvalue weighted by atomic mass is 32.2. The monoisotopic (exact) mass is 369 g/mol. The highest BCUT2D eigenvalue weighted by Crippen LogP contribution is 2.31. The molecule has 26 heavy (non-hydrogen) atoms. The fourth-order valence-electron chi connectivity index (χ4n) is 2.70. The van der Waals surface area contributed by atoms with E-state index >= 15 is 0 Å². The van der Waals surface area contributed by atoms with Crippen LogP contribution in [0.3, 0.4) is 0 Å². The standard InChI is InChI=1S/C22H27NO2S/c1-4-23(5-2)22(25)15-17(3)19-11-12-21(20(24)16-19)26-14-13-18-9-7-6-8-10-18/h6-12,15-16,24H,4-5,13-14H2,1-3H3/b17-15+. The maximum atomic E-state index is 12.2. The molecule has 0 saturated carbocycles. The molecule has 0 fully saturated rings. The first-order valence-corrected chi connectivity index (χ1v) is 10.0. The molecule has 0 unspecified atom stereocenters. The molecule has 1 amide bonds. The smallest absolute Gasteiger partial charge is 0.246 e. The molecule has 0 heterocycles. The number of allylic oxidation sites excluding steroid dienone is 1. The van der Waals surface area contributed by atoms with Crippen molar-refractivity contribution < 1.29 is 9.90 Å². The lowest BCUT2D eigenvalue weighted by atomic mass is 10.1. The number of phenols is 1.